The largest absolute Gasteiger partial charge is 0.462 e. The Balaban J connectivity index is 1.33. The summed E-state index contributed by atoms with van der Waals surface area (Å²) in [5.41, 5.74) is 3.91. The Labute approximate surface area is 219 Å². The van der Waals surface area contributed by atoms with Crippen LogP contribution < -0.4 is 15.4 Å². The number of halogens is 2. The van der Waals surface area contributed by atoms with Gasteiger partial charge in [-0.3, -0.25) is 4.79 Å². The summed E-state index contributed by atoms with van der Waals surface area (Å²) < 4.78 is 34.5. The number of ether oxygens (including phenoxy) is 1. The number of rotatable bonds is 9. The monoisotopic (exact) mass is 520 g/mol. The van der Waals surface area contributed by atoms with E-state index in [1.165, 1.54) is 17.2 Å². The lowest BCUT2D eigenvalue weighted by Gasteiger charge is -2.19. The first-order valence-corrected chi connectivity index (χ1v) is 13.1. The molecule has 3 heterocycles. The number of carbonyl (C=O) groups is 1. The summed E-state index contributed by atoms with van der Waals surface area (Å²) >= 11 is 0. The second-order valence-electron chi connectivity index (χ2n) is 10.4. The second kappa shape index (κ2) is 9.90. The fraction of sp³-hybridized carbons (Fsp3) is 0.429. The predicted octanol–water partition coefficient (Wildman–Crippen LogP) is 3.97. The Hall–Kier alpha value is -3.66. The van der Waals surface area contributed by atoms with Crippen molar-refractivity contribution in [3.8, 4) is 17.3 Å². The van der Waals surface area contributed by atoms with Crippen LogP contribution >= 0.6 is 0 Å². The van der Waals surface area contributed by atoms with Crippen molar-refractivity contribution in [3.05, 3.63) is 53.6 Å². The molecule has 3 aliphatic rings. The molecule has 1 amide bonds. The number of likely N-dealkylation sites (N-methyl/N-ethyl adjacent to an activating group) is 1. The smallest absolute Gasteiger partial charge is 0.320 e. The number of hydrogen-bond donors (Lipinski definition) is 2. The summed E-state index contributed by atoms with van der Waals surface area (Å²) in [5.74, 6) is -0.916. The maximum atomic E-state index is 15.6. The van der Waals surface area contributed by atoms with E-state index in [2.05, 4.69) is 50.2 Å². The van der Waals surface area contributed by atoms with Crippen molar-refractivity contribution in [1.82, 2.24) is 25.2 Å². The van der Waals surface area contributed by atoms with Crippen LogP contribution in [0.1, 0.15) is 36.3 Å². The molecule has 1 aromatic carbocycles. The molecular formula is C28H30F2N6O2. The first kappa shape index (κ1) is 24.7. The van der Waals surface area contributed by atoms with E-state index in [4.69, 9.17) is 4.74 Å². The van der Waals surface area contributed by atoms with Gasteiger partial charge in [-0.05, 0) is 68.3 Å². The van der Waals surface area contributed by atoms with Gasteiger partial charge >= 0.3 is 6.01 Å². The SMILES string of the molecule is C=C(F)C(=O)NCCNc1nc(OC[C@@H]2CCCN2C)nc2nc(-c3cccc4c3C3CC3C4)c(F)cc12. The fourth-order valence-corrected chi connectivity index (χ4v) is 5.76. The second-order valence-corrected chi connectivity index (χ2v) is 10.4. The van der Waals surface area contributed by atoms with Crippen molar-refractivity contribution in [1.29, 1.82) is 0 Å². The maximum Gasteiger partial charge on any atom is 0.320 e. The molecule has 2 aliphatic carbocycles. The first-order chi connectivity index (χ1) is 18.4. The van der Waals surface area contributed by atoms with Crippen LogP contribution in [0.3, 0.4) is 0 Å². The lowest BCUT2D eigenvalue weighted by atomic mass is 9.97. The third-order valence-electron chi connectivity index (χ3n) is 7.87. The molecule has 1 saturated carbocycles. The minimum atomic E-state index is -1.06. The number of benzene rings is 1. The molecule has 38 heavy (non-hydrogen) atoms. The van der Waals surface area contributed by atoms with Gasteiger partial charge in [-0.15, -0.1) is 0 Å². The van der Waals surface area contributed by atoms with Crippen molar-refractivity contribution in [3.63, 3.8) is 0 Å². The van der Waals surface area contributed by atoms with Crippen LogP contribution in [-0.2, 0) is 11.2 Å². The van der Waals surface area contributed by atoms with Crippen molar-refractivity contribution in [2.45, 2.75) is 37.6 Å². The fourth-order valence-electron chi connectivity index (χ4n) is 5.76. The van der Waals surface area contributed by atoms with Gasteiger partial charge in [0.05, 0.1) is 5.39 Å². The average molecular weight is 521 g/mol. The highest BCUT2D eigenvalue weighted by atomic mass is 19.1. The number of likely N-dealkylation sites (tertiary alicyclic amines) is 1. The zero-order chi connectivity index (χ0) is 26.4. The van der Waals surface area contributed by atoms with Crippen LogP contribution in [0.25, 0.3) is 22.3 Å². The van der Waals surface area contributed by atoms with Gasteiger partial charge in [0.2, 0.25) is 0 Å². The van der Waals surface area contributed by atoms with Crippen molar-refractivity contribution >= 4 is 22.8 Å². The summed E-state index contributed by atoms with van der Waals surface area (Å²) in [5, 5.41) is 5.89. The van der Waals surface area contributed by atoms with Crippen molar-refractivity contribution < 1.29 is 18.3 Å². The zero-order valence-electron chi connectivity index (χ0n) is 21.3. The summed E-state index contributed by atoms with van der Waals surface area (Å²) in [4.78, 5) is 27.4. The standard InChI is InChI=1S/C28H30F2N6O2/c1-15(29)27(37)32-9-8-31-25-21-13-22(30)24(19-7-3-5-16-11-17-12-20(17)23(16)19)33-26(21)35-28(34-25)38-14-18-6-4-10-36(18)2/h3,5,7,13,17-18,20H,1,4,6,8-12,14H2,2H3,(H,32,37)(H,31,33,34,35)/t17?,18-,20?/m0/s1. The molecule has 2 aromatic heterocycles. The van der Waals surface area contributed by atoms with Gasteiger partial charge in [-0.2, -0.15) is 9.97 Å². The molecule has 10 heteroatoms. The number of hydrogen-bond acceptors (Lipinski definition) is 7. The topological polar surface area (TPSA) is 92.3 Å². The van der Waals surface area contributed by atoms with Gasteiger partial charge in [-0.25, -0.2) is 13.8 Å². The molecule has 198 valence electrons. The number of carbonyl (C=O) groups excluding carboxylic acids is 1. The van der Waals surface area contributed by atoms with E-state index in [1.54, 1.807) is 0 Å². The Morgan fingerprint density at radius 3 is 2.92 bits per heavy atom. The lowest BCUT2D eigenvalue weighted by molar-refractivity contribution is -0.118. The Kier molecular flexibility index (Phi) is 6.43. The molecule has 2 unspecified atom stereocenters. The van der Waals surface area contributed by atoms with E-state index in [-0.39, 0.29) is 30.8 Å². The zero-order valence-corrected chi connectivity index (χ0v) is 21.3. The summed E-state index contributed by atoms with van der Waals surface area (Å²) in [6.45, 7) is 4.76. The molecule has 0 bridgehead atoms. The number of nitrogens with one attached hydrogen (secondary N) is 2. The molecule has 1 saturated heterocycles. The first-order valence-electron chi connectivity index (χ1n) is 13.1. The molecule has 3 aromatic rings. The molecule has 0 radical (unpaired) electrons. The van der Waals surface area contributed by atoms with Gasteiger partial charge in [0.1, 0.15) is 23.9 Å². The Bertz CT molecular complexity index is 1430. The molecule has 2 N–H and O–H groups in total. The van der Waals surface area contributed by atoms with Crippen molar-refractivity contribution in [2.75, 3.05) is 38.6 Å². The Morgan fingerprint density at radius 1 is 1.26 bits per heavy atom. The van der Waals surface area contributed by atoms with E-state index in [0.717, 1.165) is 37.8 Å². The molecule has 8 nitrogen and oxygen atoms in total. The molecule has 2 fully saturated rings. The number of pyridine rings is 1. The van der Waals surface area contributed by atoms with Gasteiger partial charge in [0.25, 0.3) is 5.91 Å². The molecular weight excluding hydrogens is 490 g/mol. The number of anilines is 1. The molecule has 6 rings (SSSR count). The van der Waals surface area contributed by atoms with E-state index in [9.17, 15) is 9.18 Å². The van der Waals surface area contributed by atoms with Gasteiger partial charge in [-0.1, -0.05) is 24.8 Å². The number of aromatic nitrogens is 3. The summed E-state index contributed by atoms with van der Waals surface area (Å²) in [6, 6.07) is 7.83. The number of nitrogens with zero attached hydrogens (tertiary/aromatic N) is 4. The van der Waals surface area contributed by atoms with Crippen molar-refractivity contribution in [2.24, 2.45) is 5.92 Å². The lowest BCUT2D eigenvalue weighted by Crippen LogP contribution is -2.31. The summed E-state index contributed by atoms with van der Waals surface area (Å²) in [7, 11) is 2.06. The van der Waals surface area contributed by atoms with Crippen LogP contribution in [0.4, 0.5) is 14.6 Å². The third-order valence-corrected chi connectivity index (χ3v) is 7.87. The third kappa shape index (κ3) is 4.69. The molecule has 3 atom stereocenters. The highest BCUT2D eigenvalue weighted by Crippen LogP contribution is 2.58. The van der Waals surface area contributed by atoms with Crippen LogP contribution in [0, 0.1) is 11.7 Å². The van der Waals surface area contributed by atoms with Crippen LogP contribution in [0.15, 0.2) is 36.7 Å². The molecule has 1 aliphatic heterocycles. The minimum absolute atomic E-state index is 0.114. The average Bonchev–Trinajstić information content (AvgIpc) is 3.37. The van der Waals surface area contributed by atoms with Gasteiger partial charge in [0, 0.05) is 24.7 Å². The quantitative estimate of drug-likeness (QED) is 0.326. The summed E-state index contributed by atoms with van der Waals surface area (Å²) in [6.07, 6.45) is 4.33. The van der Waals surface area contributed by atoms with Gasteiger partial charge in [0.15, 0.2) is 11.5 Å². The minimum Gasteiger partial charge on any atom is -0.462 e. The van der Waals surface area contributed by atoms with E-state index < -0.39 is 17.6 Å². The number of fused-ring (bicyclic) bond motifs is 4. The van der Waals surface area contributed by atoms with Crippen LogP contribution in [0.2, 0.25) is 0 Å². The maximum absolute atomic E-state index is 15.6. The van der Waals surface area contributed by atoms with E-state index in [0.29, 0.717) is 35.3 Å². The van der Waals surface area contributed by atoms with Crippen LogP contribution in [0.5, 0.6) is 6.01 Å². The predicted molar refractivity (Wildman–Crippen MR) is 140 cm³/mol. The van der Waals surface area contributed by atoms with Gasteiger partial charge < -0.3 is 20.3 Å². The highest BCUT2D eigenvalue weighted by Gasteiger charge is 2.46. The van der Waals surface area contributed by atoms with Crippen LogP contribution in [-0.4, -0.2) is 65.1 Å². The molecule has 0 spiro atoms. The highest BCUT2D eigenvalue weighted by molar-refractivity contribution is 5.91. The number of amides is 1. The Morgan fingerprint density at radius 2 is 2.13 bits per heavy atom. The normalized spacial score (nSPS) is 21.7. The van der Waals surface area contributed by atoms with E-state index in [1.807, 2.05) is 12.1 Å². The van der Waals surface area contributed by atoms with E-state index >= 15 is 4.39 Å².